The zero-order chi connectivity index (χ0) is 8.72. The van der Waals surface area contributed by atoms with E-state index in [0.29, 0.717) is 5.69 Å². The standard InChI is InChI=1S/C8H10N4/c1-5-11-7-3-6(9)4-10-8(7)12(5)2/h3-4,11H,1,9H2,2H3. The summed E-state index contributed by atoms with van der Waals surface area (Å²) >= 11 is 0. The molecule has 0 saturated carbocycles. The summed E-state index contributed by atoms with van der Waals surface area (Å²) in [6, 6.07) is 1.84. The van der Waals surface area contributed by atoms with E-state index in [9.17, 15) is 0 Å². The highest BCUT2D eigenvalue weighted by Gasteiger charge is 2.19. The van der Waals surface area contributed by atoms with Crippen LogP contribution >= 0.6 is 0 Å². The molecule has 1 aromatic heterocycles. The van der Waals surface area contributed by atoms with Gasteiger partial charge in [0.1, 0.15) is 5.82 Å². The topological polar surface area (TPSA) is 54.2 Å². The quantitative estimate of drug-likeness (QED) is 0.597. The Balaban J connectivity index is 2.54. The lowest BCUT2D eigenvalue weighted by molar-refractivity contribution is 1.11. The van der Waals surface area contributed by atoms with Crippen LogP contribution in [0.15, 0.2) is 24.7 Å². The number of hydrogen-bond donors (Lipinski definition) is 2. The van der Waals surface area contributed by atoms with Crippen molar-refractivity contribution < 1.29 is 0 Å². The molecule has 2 rings (SSSR count). The Hall–Kier alpha value is -1.71. The molecule has 0 aromatic carbocycles. The van der Waals surface area contributed by atoms with Crippen LogP contribution < -0.4 is 16.0 Å². The summed E-state index contributed by atoms with van der Waals surface area (Å²) in [6.45, 7) is 3.81. The van der Waals surface area contributed by atoms with Gasteiger partial charge in [-0.3, -0.25) is 0 Å². The van der Waals surface area contributed by atoms with Crippen LogP contribution in [0.4, 0.5) is 17.2 Å². The number of anilines is 3. The van der Waals surface area contributed by atoms with Crippen molar-refractivity contribution in [2.24, 2.45) is 0 Å². The van der Waals surface area contributed by atoms with Crippen LogP contribution in [0.3, 0.4) is 0 Å². The normalized spacial score (nSPS) is 14.4. The largest absolute Gasteiger partial charge is 0.397 e. The molecular formula is C8H10N4. The smallest absolute Gasteiger partial charge is 0.157 e. The monoisotopic (exact) mass is 162 g/mol. The third-order valence-corrected chi connectivity index (χ3v) is 1.89. The zero-order valence-electron chi connectivity index (χ0n) is 6.83. The van der Waals surface area contributed by atoms with Gasteiger partial charge in [0.2, 0.25) is 0 Å². The van der Waals surface area contributed by atoms with Crippen molar-refractivity contribution >= 4 is 17.2 Å². The van der Waals surface area contributed by atoms with Gasteiger partial charge in [-0.1, -0.05) is 6.58 Å². The molecule has 0 amide bonds. The van der Waals surface area contributed by atoms with Crippen molar-refractivity contribution in [2.75, 3.05) is 23.0 Å². The average molecular weight is 162 g/mol. The molecule has 0 aliphatic carbocycles. The van der Waals surface area contributed by atoms with E-state index in [1.807, 2.05) is 18.0 Å². The summed E-state index contributed by atoms with van der Waals surface area (Å²) in [5.41, 5.74) is 7.15. The summed E-state index contributed by atoms with van der Waals surface area (Å²) < 4.78 is 0. The Labute approximate surface area is 70.7 Å². The highest BCUT2D eigenvalue weighted by Crippen LogP contribution is 2.32. The highest BCUT2D eigenvalue weighted by atomic mass is 15.3. The molecule has 0 unspecified atom stereocenters. The van der Waals surface area contributed by atoms with Gasteiger partial charge >= 0.3 is 0 Å². The molecule has 12 heavy (non-hydrogen) atoms. The Morgan fingerprint density at radius 1 is 1.67 bits per heavy atom. The molecule has 0 fully saturated rings. The molecule has 0 atom stereocenters. The second-order valence-corrected chi connectivity index (χ2v) is 2.77. The first kappa shape index (κ1) is 6.97. The van der Waals surface area contributed by atoms with Crippen LogP contribution in [0.2, 0.25) is 0 Å². The van der Waals surface area contributed by atoms with Gasteiger partial charge in [-0.15, -0.1) is 0 Å². The van der Waals surface area contributed by atoms with Gasteiger partial charge in [-0.05, 0) is 6.07 Å². The Morgan fingerprint density at radius 2 is 2.42 bits per heavy atom. The van der Waals surface area contributed by atoms with Gasteiger partial charge in [0.15, 0.2) is 5.82 Å². The van der Waals surface area contributed by atoms with Crippen molar-refractivity contribution in [1.29, 1.82) is 0 Å². The number of nitrogens with two attached hydrogens (primary N) is 1. The average Bonchev–Trinajstić information content (AvgIpc) is 2.28. The van der Waals surface area contributed by atoms with E-state index in [4.69, 9.17) is 5.73 Å². The fourth-order valence-electron chi connectivity index (χ4n) is 1.20. The molecule has 0 saturated heterocycles. The van der Waals surface area contributed by atoms with Gasteiger partial charge in [0.05, 0.1) is 17.6 Å². The second-order valence-electron chi connectivity index (χ2n) is 2.77. The summed E-state index contributed by atoms with van der Waals surface area (Å²) in [6.07, 6.45) is 1.63. The number of rotatable bonds is 0. The second kappa shape index (κ2) is 2.14. The van der Waals surface area contributed by atoms with Crippen molar-refractivity contribution in [1.82, 2.24) is 4.98 Å². The predicted molar refractivity (Wildman–Crippen MR) is 49.8 cm³/mol. The number of nitrogens with one attached hydrogen (secondary N) is 1. The molecule has 2 heterocycles. The number of fused-ring (bicyclic) bond motifs is 1. The molecule has 0 radical (unpaired) electrons. The lowest BCUT2D eigenvalue weighted by Gasteiger charge is -2.09. The maximum Gasteiger partial charge on any atom is 0.157 e. The van der Waals surface area contributed by atoms with Crippen molar-refractivity contribution in [3.63, 3.8) is 0 Å². The fourth-order valence-corrected chi connectivity index (χ4v) is 1.20. The summed E-state index contributed by atoms with van der Waals surface area (Å²) in [7, 11) is 1.91. The van der Waals surface area contributed by atoms with Gasteiger partial charge in [0, 0.05) is 7.05 Å². The van der Waals surface area contributed by atoms with E-state index in [-0.39, 0.29) is 0 Å². The third-order valence-electron chi connectivity index (χ3n) is 1.89. The predicted octanol–water partition coefficient (Wildman–Crippen LogP) is 0.997. The van der Waals surface area contributed by atoms with Crippen LogP contribution in [-0.2, 0) is 0 Å². The first-order valence-corrected chi connectivity index (χ1v) is 3.63. The third kappa shape index (κ3) is 0.812. The van der Waals surface area contributed by atoms with E-state index in [1.54, 1.807) is 6.20 Å². The first-order chi connectivity index (χ1) is 5.68. The molecule has 0 spiro atoms. The van der Waals surface area contributed by atoms with E-state index < -0.39 is 0 Å². The van der Waals surface area contributed by atoms with E-state index in [2.05, 4.69) is 16.9 Å². The first-order valence-electron chi connectivity index (χ1n) is 3.63. The van der Waals surface area contributed by atoms with Gasteiger partial charge < -0.3 is 16.0 Å². The highest BCUT2D eigenvalue weighted by molar-refractivity contribution is 5.78. The van der Waals surface area contributed by atoms with Crippen molar-refractivity contribution in [3.8, 4) is 0 Å². The SMILES string of the molecule is C=C1Nc2cc(N)cnc2N1C. The molecule has 3 N–H and O–H groups in total. The van der Waals surface area contributed by atoms with Crippen LogP contribution in [0.1, 0.15) is 0 Å². The number of aromatic nitrogens is 1. The molecule has 0 bridgehead atoms. The summed E-state index contributed by atoms with van der Waals surface area (Å²) in [5, 5.41) is 3.08. The minimum Gasteiger partial charge on any atom is -0.397 e. The molecule has 1 aliphatic rings. The molecule has 4 heteroatoms. The Bertz CT molecular complexity index is 345. The van der Waals surface area contributed by atoms with Crippen LogP contribution in [0, 0.1) is 0 Å². The Morgan fingerprint density at radius 3 is 3.17 bits per heavy atom. The molecular weight excluding hydrogens is 152 g/mol. The summed E-state index contributed by atoms with van der Waals surface area (Å²) in [5.74, 6) is 1.69. The molecule has 1 aromatic rings. The molecule has 1 aliphatic heterocycles. The maximum absolute atomic E-state index is 5.57. The maximum atomic E-state index is 5.57. The van der Waals surface area contributed by atoms with Gasteiger partial charge in [-0.25, -0.2) is 4.98 Å². The van der Waals surface area contributed by atoms with Crippen LogP contribution in [0.25, 0.3) is 0 Å². The van der Waals surface area contributed by atoms with Gasteiger partial charge in [0.25, 0.3) is 0 Å². The van der Waals surface area contributed by atoms with Crippen LogP contribution in [0.5, 0.6) is 0 Å². The van der Waals surface area contributed by atoms with Crippen LogP contribution in [-0.4, -0.2) is 12.0 Å². The Kier molecular flexibility index (Phi) is 1.24. The number of nitrogens with zero attached hydrogens (tertiary/aromatic N) is 2. The van der Waals surface area contributed by atoms with E-state index in [0.717, 1.165) is 17.3 Å². The van der Waals surface area contributed by atoms with E-state index in [1.165, 1.54) is 0 Å². The number of pyridine rings is 1. The van der Waals surface area contributed by atoms with Gasteiger partial charge in [-0.2, -0.15) is 0 Å². The fraction of sp³-hybridized carbons (Fsp3) is 0.125. The lowest BCUT2D eigenvalue weighted by atomic mass is 10.3. The molecule has 4 nitrogen and oxygen atoms in total. The molecule has 62 valence electrons. The minimum atomic E-state index is 0.657. The summed E-state index contributed by atoms with van der Waals surface area (Å²) in [4.78, 5) is 6.05. The van der Waals surface area contributed by atoms with Crippen molar-refractivity contribution in [3.05, 3.63) is 24.7 Å². The van der Waals surface area contributed by atoms with Crippen molar-refractivity contribution in [2.45, 2.75) is 0 Å². The van der Waals surface area contributed by atoms with E-state index >= 15 is 0 Å². The number of hydrogen-bond acceptors (Lipinski definition) is 4. The minimum absolute atomic E-state index is 0.657. The lowest BCUT2D eigenvalue weighted by Crippen LogP contribution is -2.13. The number of nitrogen functional groups attached to an aromatic ring is 1. The zero-order valence-corrected chi connectivity index (χ0v) is 6.83.